The third-order valence-electron chi connectivity index (χ3n) is 3.89. The number of hydrogen-bond donors (Lipinski definition) is 2. The molecule has 3 atom stereocenters. The molecule has 1 aromatic rings. The lowest BCUT2D eigenvalue weighted by atomic mass is 9.96. The summed E-state index contributed by atoms with van der Waals surface area (Å²) >= 11 is 0. The van der Waals surface area contributed by atoms with Crippen LogP contribution < -0.4 is 10.5 Å². The lowest BCUT2D eigenvalue weighted by Gasteiger charge is -2.20. The van der Waals surface area contributed by atoms with Gasteiger partial charge in [-0.2, -0.15) is 0 Å². The van der Waals surface area contributed by atoms with Crippen LogP contribution in [-0.2, 0) is 21.3 Å². The van der Waals surface area contributed by atoms with Crippen LogP contribution in [0.2, 0.25) is 0 Å². The summed E-state index contributed by atoms with van der Waals surface area (Å²) in [5.74, 6) is 0. The third kappa shape index (κ3) is 2.41. The van der Waals surface area contributed by atoms with E-state index >= 15 is 0 Å². The Morgan fingerprint density at radius 3 is 2.74 bits per heavy atom. The Morgan fingerprint density at radius 2 is 2.11 bits per heavy atom. The number of sulfonamides is 1. The van der Waals surface area contributed by atoms with Gasteiger partial charge in [0.25, 0.3) is 0 Å². The van der Waals surface area contributed by atoms with Crippen molar-refractivity contribution in [1.29, 1.82) is 0 Å². The fourth-order valence-corrected chi connectivity index (χ4v) is 4.49. The topological polar surface area (TPSA) is 81.4 Å². The van der Waals surface area contributed by atoms with Gasteiger partial charge in [0.1, 0.15) is 0 Å². The summed E-state index contributed by atoms with van der Waals surface area (Å²) in [5.41, 5.74) is 6.24. The van der Waals surface area contributed by atoms with Crippen LogP contribution in [0.4, 0.5) is 0 Å². The van der Waals surface area contributed by atoms with E-state index in [1.165, 1.54) is 0 Å². The van der Waals surface area contributed by atoms with Gasteiger partial charge in [0.2, 0.25) is 10.0 Å². The van der Waals surface area contributed by atoms with E-state index in [1.807, 2.05) is 0 Å². The highest BCUT2D eigenvalue weighted by molar-refractivity contribution is 7.89. The molecule has 3 N–H and O–H groups in total. The van der Waals surface area contributed by atoms with E-state index in [-0.39, 0.29) is 29.7 Å². The molecule has 104 valence electrons. The first-order valence-corrected chi connectivity index (χ1v) is 8.04. The molecule has 6 heteroatoms. The van der Waals surface area contributed by atoms with Gasteiger partial charge in [-0.25, -0.2) is 13.1 Å². The van der Waals surface area contributed by atoms with Gasteiger partial charge < -0.3 is 10.5 Å². The van der Waals surface area contributed by atoms with Gasteiger partial charge in [0.05, 0.1) is 23.1 Å². The van der Waals surface area contributed by atoms with Crippen molar-refractivity contribution >= 4 is 10.0 Å². The summed E-state index contributed by atoms with van der Waals surface area (Å²) in [6.45, 7) is 0.213. The van der Waals surface area contributed by atoms with Crippen LogP contribution in [0.15, 0.2) is 29.2 Å². The van der Waals surface area contributed by atoms with Crippen molar-refractivity contribution in [2.75, 3.05) is 0 Å². The summed E-state index contributed by atoms with van der Waals surface area (Å²) in [7, 11) is -3.52. The van der Waals surface area contributed by atoms with E-state index in [0.29, 0.717) is 5.56 Å². The monoisotopic (exact) mass is 282 g/mol. The van der Waals surface area contributed by atoms with Crippen molar-refractivity contribution in [3.05, 3.63) is 29.8 Å². The zero-order chi connectivity index (χ0) is 13.5. The predicted octanol–water partition coefficient (Wildman–Crippen LogP) is 0.743. The first kappa shape index (κ1) is 13.1. The molecule has 1 aromatic carbocycles. The Balaban J connectivity index is 1.83. The van der Waals surface area contributed by atoms with Crippen molar-refractivity contribution in [3.63, 3.8) is 0 Å². The zero-order valence-corrected chi connectivity index (χ0v) is 11.4. The molecule has 0 radical (unpaired) electrons. The highest BCUT2D eigenvalue weighted by Crippen LogP contribution is 2.35. The average Bonchev–Trinajstić information content (AvgIpc) is 3.00. The normalized spacial score (nSPS) is 29.8. The van der Waals surface area contributed by atoms with Crippen LogP contribution in [-0.4, -0.2) is 26.7 Å². The SMILES string of the molecule is NCc1ccccc1S(=O)(=O)NC1CC2CCC1O2. The Hall–Kier alpha value is -0.950. The second kappa shape index (κ2) is 4.86. The summed E-state index contributed by atoms with van der Waals surface area (Å²) in [5, 5.41) is 0. The molecule has 2 fully saturated rings. The average molecular weight is 282 g/mol. The Labute approximate surface area is 113 Å². The van der Waals surface area contributed by atoms with E-state index in [4.69, 9.17) is 10.5 Å². The fraction of sp³-hybridized carbons (Fsp3) is 0.538. The summed E-state index contributed by atoms with van der Waals surface area (Å²) in [6, 6.07) is 6.74. The van der Waals surface area contributed by atoms with Gasteiger partial charge in [-0.05, 0) is 30.9 Å². The molecule has 2 heterocycles. The summed E-state index contributed by atoms with van der Waals surface area (Å²) < 4.78 is 33.3. The van der Waals surface area contributed by atoms with Gasteiger partial charge in [-0.3, -0.25) is 0 Å². The van der Waals surface area contributed by atoms with Gasteiger partial charge in [-0.15, -0.1) is 0 Å². The Bertz CT molecular complexity index is 573. The van der Waals surface area contributed by atoms with Crippen LogP contribution in [0, 0.1) is 0 Å². The molecule has 2 saturated heterocycles. The van der Waals surface area contributed by atoms with Gasteiger partial charge in [0.15, 0.2) is 0 Å². The van der Waals surface area contributed by atoms with Crippen LogP contribution in [0.1, 0.15) is 24.8 Å². The lowest BCUT2D eigenvalue weighted by molar-refractivity contribution is 0.0996. The van der Waals surface area contributed by atoms with Crippen molar-refractivity contribution < 1.29 is 13.2 Å². The molecule has 19 heavy (non-hydrogen) atoms. The van der Waals surface area contributed by atoms with Gasteiger partial charge >= 0.3 is 0 Å². The highest BCUT2D eigenvalue weighted by Gasteiger charge is 2.42. The highest BCUT2D eigenvalue weighted by atomic mass is 32.2. The second-order valence-electron chi connectivity index (χ2n) is 5.15. The fourth-order valence-electron chi connectivity index (χ4n) is 2.96. The third-order valence-corrected chi connectivity index (χ3v) is 5.48. The number of fused-ring (bicyclic) bond motifs is 2. The smallest absolute Gasteiger partial charge is 0.241 e. The van der Waals surface area contributed by atoms with E-state index in [9.17, 15) is 8.42 Å². The quantitative estimate of drug-likeness (QED) is 0.853. The first-order valence-electron chi connectivity index (χ1n) is 6.56. The molecular weight excluding hydrogens is 264 g/mol. The van der Waals surface area contributed by atoms with Crippen molar-refractivity contribution in [1.82, 2.24) is 4.72 Å². The van der Waals surface area contributed by atoms with Gasteiger partial charge in [-0.1, -0.05) is 18.2 Å². The molecular formula is C13H18N2O3S. The number of hydrogen-bond acceptors (Lipinski definition) is 4. The largest absolute Gasteiger partial charge is 0.373 e. The summed E-state index contributed by atoms with van der Waals surface area (Å²) in [4.78, 5) is 0.278. The van der Waals surface area contributed by atoms with Crippen molar-refractivity contribution in [2.24, 2.45) is 5.73 Å². The molecule has 5 nitrogen and oxygen atoms in total. The molecule has 2 aliphatic rings. The first-order chi connectivity index (χ1) is 9.10. The molecule has 3 rings (SSSR count). The van der Waals surface area contributed by atoms with E-state index in [2.05, 4.69) is 4.72 Å². The van der Waals surface area contributed by atoms with Crippen LogP contribution >= 0.6 is 0 Å². The molecule has 0 aromatic heterocycles. The van der Waals surface area contributed by atoms with Crippen LogP contribution in [0.3, 0.4) is 0 Å². The maximum absolute atomic E-state index is 12.4. The number of rotatable bonds is 4. The predicted molar refractivity (Wildman–Crippen MR) is 71.0 cm³/mol. The number of nitrogens with two attached hydrogens (primary N) is 1. The molecule has 2 aliphatic heterocycles. The zero-order valence-electron chi connectivity index (χ0n) is 10.6. The lowest BCUT2D eigenvalue weighted by Crippen LogP contribution is -2.41. The van der Waals surface area contributed by atoms with E-state index < -0.39 is 10.0 Å². The maximum atomic E-state index is 12.4. The maximum Gasteiger partial charge on any atom is 0.241 e. The molecule has 0 aliphatic carbocycles. The minimum Gasteiger partial charge on any atom is -0.373 e. The van der Waals surface area contributed by atoms with Crippen LogP contribution in [0.5, 0.6) is 0 Å². The van der Waals surface area contributed by atoms with Crippen molar-refractivity contribution in [3.8, 4) is 0 Å². The molecule has 0 amide bonds. The Kier molecular flexibility index (Phi) is 3.34. The molecule has 0 spiro atoms. The van der Waals surface area contributed by atoms with E-state index in [1.54, 1.807) is 24.3 Å². The molecule has 0 saturated carbocycles. The van der Waals surface area contributed by atoms with E-state index in [0.717, 1.165) is 19.3 Å². The molecule has 3 unspecified atom stereocenters. The minimum absolute atomic E-state index is 0.0322. The van der Waals surface area contributed by atoms with Crippen LogP contribution in [0.25, 0.3) is 0 Å². The second-order valence-corrected chi connectivity index (χ2v) is 6.83. The number of ether oxygens (including phenoxy) is 1. The van der Waals surface area contributed by atoms with Crippen molar-refractivity contribution in [2.45, 2.75) is 49.0 Å². The summed E-state index contributed by atoms with van der Waals surface area (Å²) in [6.07, 6.45) is 3.01. The Morgan fingerprint density at radius 1 is 1.32 bits per heavy atom. The number of benzene rings is 1. The number of nitrogens with one attached hydrogen (secondary N) is 1. The minimum atomic E-state index is -3.52. The standard InChI is InChI=1S/C13H18N2O3S/c14-8-9-3-1-2-4-13(9)19(16,17)15-11-7-10-5-6-12(11)18-10/h1-4,10-12,15H,5-8,14H2. The van der Waals surface area contributed by atoms with Gasteiger partial charge in [0, 0.05) is 6.54 Å². The molecule has 2 bridgehead atoms.